The van der Waals surface area contributed by atoms with E-state index in [0.29, 0.717) is 19.0 Å². The SMILES string of the molecule is N#Cc1ccc(-n2ccc(NC(=O)Nc3ccn(C4CCOCC4)n3)n2)c(F)c1. The number of nitriles is 1. The predicted octanol–water partition coefficient (Wildman–Crippen LogP) is 3.08. The summed E-state index contributed by atoms with van der Waals surface area (Å²) < 4.78 is 22.6. The van der Waals surface area contributed by atoms with Crippen LogP contribution in [0.2, 0.25) is 0 Å². The van der Waals surface area contributed by atoms with Crippen LogP contribution < -0.4 is 10.6 Å². The molecule has 0 unspecified atom stereocenters. The molecule has 0 bridgehead atoms. The summed E-state index contributed by atoms with van der Waals surface area (Å²) in [5.41, 5.74) is 0.393. The smallest absolute Gasteiger partial charge is 0.326 e. The van der Waals surface area contributed by atoms with Crippen molar-refractivity contribution in [3.63, 3.8) is 0 Å². The second kappa shape index (κ2) is 8.12. The van der Waals surface area contributed by atoms with Crippen LogP contribution in [0.25, 0.3) is 5.69 Å². The summed E-state index contributed by atoms with van der Waals surface area (Å²) >= 11 is 0. The number of nitrogens with one attached hydrogen (secondary N) is 2. The number of rotatable bonds is 4. The molecule has 0 spiro atoms. The maximum absolute atomic E-state index is 14.1. The maximum atomic E-state index is 14.1. The number of amides is 2. The van der Waals surface area contributed by atoms with E-state index in [-0.39, 0.29) is 23.1 Å². The first kappa shape index (κ1) is 18.6. The number of benzene rings is 1. The van der Waals surface area contributed by atoms with Crippen LogP contribution in [0.5, 0.6) is 0 Å². The number of hydrogen-bond acceptors (Lipinski definition) is 5. The number of ether oxygens (including phenoxy) is 1. The molecule has 0 aliphatic carbocycles. The fourth-order valence-corrected chi connectivity index (χ4v) is 3.11. The highest BCUT2D eigenvalue weighted by atomic mass is 19.1. The first-order valence-corrected chi connectivity index (χ1v) is 9.09. The van der Waals surface area contributed by atoms with Crippen LogP contribution in [0.15, 0.2) is 42.7 Å². The van der Waals surface area contributed by atoms with E-state index in [2.05, 4.69) is 20.8 Å². The molecule has 1 fully saturated rings. The van der Waals surface area contributed by atoms with Gasteiger partial charge in [0, 0.05) is 37.7 Å². The molecule has 10 heteroatoms. The lowest BCUT2D eigenvalue weighted by Crippen LogP contribution is -2.22. The normalized spacial score (nSPS) is 14.3. The van der Waals surface area contributed by atoms with Crippen LogP contribution in [-0.2, 0) is 4.74 Å². The molecule has 29 heavy (non-hydrogen) atoms. The lowest BCUT2D eigenvalue weighted by Gasteiger charge is -2.22. The average molecular weight is 395 g/mol. The van der Waals surface area contributed by atoms with Crippen LogP contribution in [-0.4, -0.2) is 38.8 Å². The highest BCUT2D eigenvalue weighted by molar-refractivity contribution is 5.98. The molecule has 1 aliphatic heterocycles. The lowest BCUT2D eigenvalue weighted by atomic mass is 10.1. The van der Waals surface area contributed by atoms with Crippen molar-refractivity contribution in [2.45, 2.75) is 18.9 Å². The number of hydrogen-bond donors (Lipinski definition) is 2. The number of carbonyl (C=O) groups excluding carboxylic acids is 1. The predicted molar refractivity (Wildman–Crippen MR) is 102 cm³/mol. The molecule has 1 saturated heterocycles. The highest BCUT2D eigenvalue weighted by Gasteiger charge is 2.17. The van der Waals surface area contributed by atoms with Crippen molar-refractivity contribution in [3.05, 3.63) is 54.1 Å². The van der Waals surface area contributed by atoms with E-state index < -0.39 is 11.8 Å². The summed E-state index contributed by atoms with van der Waals surface area (Å²) in [7, 11) is 0. The van der Waals surface area contributed by atoms with Crippen molar-refractivity contribution in [1.29, 1.82) is 5.26 Å². The van der Waals surface area contributed by atoms with Crippen LogP contribution in [0.1, 0.15) is 24.4 Å². The third-order valence-corrected chi connectivity index (χ3v) is 4.57. The van der Waals surface area contributed by atoms with E-state index in [0.717, 1.165) is 18.9 Å². The summed E-state index contributed by atoms with van der Waals surface area (Å²) in [6.07, 6.45) is 5.11. The Morgan fingerprint density at radius 3 is 2.59 bits per heavy atom. The zero-order valence-corrected chi connectivity index (χ0v) is 15.4. The molecule has 3 heterocycles. The number of carbonyl (C=O) groups is 1. The molecule has 1 aromatic carbocycles. The van der Waals surface area contributed by atoms with E-state index in [9.17, 15) is 9.18 Å². The monoisotopic (exact) mass is 395 g/mol. The minimum atomic E-state index is -0.582. The highest BCUT2D eigenvalue weighted by Crippen LogP contribution is 2.21. The van der Waals surface area contributed by atoms with Gasteiger partial charge in [-0.2, -0.15) is 10.4 Å². The minimum Gasteiger partial charge on any atom is -0.381 e. The molecule has 1 aliphatic rings. The molecule has 2 amide bonds. The summed E-state index contributed by atoms with van der Waals surface area (Å²) in [5, 5.41) is 22.6. The van der Waals surface area contributed by atoms with Crippen LogP contribution in [0.4, 0.5) is 20.8 Å². The summed E-state index contributed by atoms with van der Waals surface area (Å²) in [6, 6.07) is 8.97. The van der Waals surface area contributed by atoms with Gasteiger partial charge in [-0.05, 0) is 31.0 Å². The second-order valence-corrected chi connectivity index (χ2v) is 6.53. The van der Waals surface area contributed by atoms with E-state index in [1.54, 1.807) is 6.07 Å². The molecule has 4 rings (SSSR count). The topological polar surface area (TPSA) is 110 Å². The molecule has 0 atom stereocenters. The first-order chi connectivity index (χ1) is 14.1. The molecular formula is C19H18FN7O2. The Bertz CT molecular complexity index is 1060. The van der Waals surface area contributed by atoms with Crippen LogP contribution in [0, 0.1) is 17.1 Å². The Kier molecular flexibility index (Phi) is 5.22. The van der Waals surface area contributed by atoms with Gasteiger partial charge in [-0.3, -0.25) is 15.3 Å². The van der Waals surface area contributed by atoms with E-state index in [1.165, 1.54) is 29.1 Å². The number of nitrogens with zero attached hydrogens (tertiary/aromatic N) is 5. The number of urea groups is 1. The van der Waals surface area contributed by atoms with Gasteiger partial charge in [-0.15, -0.1) is 5.10 Å². The maximum Gasteiger partial charge on any atom is 0.326 e. The Hall–Kier alpha value is -3.71. The molecule has 148 valence electrons. The standard InChI is InChI=1S/C19H18FN7O2/c20-15-11-13(12-21)1-2-16(15)27-8-4-18(25-27)23-19(28)22-17-3-7-26(24-17)14-5-9-29-10-6-14/h1-4,7-8,11,14H,5-6,9-10H2,(H2,22,23,24,25,28). The van der Waals surface area contributed by atoms with E-state index in [1.807, 2.05) is 16.9 Å². The van der Waals surface area contributed by atoms with Gasteiger partial charge in [0.05, 0.1) is 17.7 Å². The quantitative estimate of drug-likeness (QED) is 0.705. The zero-order valence-electron chi connectivity index (χ0n) is 15.4. The minimum absolute atomic E-state index is 0.174. The zero-order chi connectivity index (χ0) is 20.2. The fraction of sp³-hybridized carbons (Fsp3) is 0.263. The Morgan fingerprint density at radius 1 is 1.14 bits per heavy atom. The lowest BCUT2D eigenvalue weighted by molar-refractivity contribution is 0.0663. The van der Waals surface area contributed by atoms with Crippen molar-refractivity contribution >= 4 is 17.7 Å². The first-order valence-electron chi connectivity index (χ1n) is 9.09. The van der Waals surface area contributed by atoms with Crippen molar-refractivity contribution in [1.82, 2.24) is 19.6 Å². The molecule has 2 aromatic heterocycles. The third-order valence-electron chi connectivity index (χ3n) is 4.57. The largest absolute Gasteiger partial charge is 0.381 e. The van der Waals surface area contributed by atoms with Gasteiger partial charge in [0.15, 0.2) is 11.6 Å². The van der Waals surface area contributed by atoms with Crippen molar-refractivity contribution in [3.8, 4) is 11.8 Å². The van der Waals surface area contributed by atoms with E-state index in [4.69, 9.17) is 10.00 Å². The van der Waals surface area contributed by atoms with Crippen molar-refractivity contribution in [2.24, 2.45) is 0 Å². The van der Waals surface area contributed by atoms with Gasteiger partial charge < -0.3 is 4.74 Å². The summed E-state index contributed by atoms with van der Waals surface area (Å²) in [4.78, 5) is 12.2. The molecule has 3 aromatic rings. The Morgan fingerprint density at radius 2 is 1.86 bits per heavy atom. The Balaban J connectivity index is 1.38. The number of aromatic nitrogens is 4. The third kappa shape index (κ3) is 4.25. The average Bonchev–Trinajstić information content (AvgIpc) is 3.38. The summed E-state index contributed by atoms with van der Waals surface area (Å²) in [5.74, 6) is 0.0866. The number of halogens is 1. The molecule has 2 N–H and O–H groups in total. The molecule has 0 saturated carbocycles. The molecular weight excluding hydrogens is 377 g/mol. The van der Waals surface area contributed by atoms with Crippen molar-refractivity contribution in [2.75, 3.05) is 23.8 Å². The summed E-state index contributed by atoms with van der Waals surface area (Å²) in [6.45, 7) is 1.41. The molecule has 0 radical (unpaired) electrons. The van der Waals surface area contributed by atoms with Crippen LogP contribution >= 0.6 is 0 Å². The van der Waals surface area contributed by atoms with E-state index >= 15 is 0 Å². The Labute approximate surface area is 165 Å². The van der Waals surface area contributed by atoms with Gasteiger partial charge in [0.1, 0.15) is 11.5 Å². The van der Waals surface area contributed by atoms with Crippen molar-refractivity contribution < 1.29 is 13.9 Å². The van der Waals surface area contributed by atoms with Gasteiger partial charge in [0.2, 0.25) is 0 Å². The van der Waals surface area contributed by atoms with Gasteiger partial charge in [0.25, 0.3) is 0 Å². The molecule has 9 nitrogen and oxygen atoms in total. The van der Waals surface area contributed by atoms with Gasteiger partial charge in [-0.25, -0.2) is 13.9 Å². The van der Waals surface area contributed by atoms with Gasteiger partial charge in [-0.1, -0.05) is 0 Å². The van der Waals surface area contributed by atoms with Gasteiger partial charge >= 0.3 is 6.03 Å². The number of anilines is 2. The van der Waals surface area contributed by atoms with Crippen LogP contribution in [0.3, 0.4) is 0 Å². The fourth-order valence-electron chi connectivity index (χ4n) is 3.11. The second-order valence-electron chi connectivity index (χ2n) is 6.53.